The van der Waals surface area contributed by atoms with Crippen LogP contribution in [0.3, 0.4) is 0 Å². The first-order valence-electron chi connectivity index (χ1n) is 21.5. The summed E-state index contributed by atoms with van der Waals surface area (Å²) in [4.78, 5) is 0. The number of hydrogen-bond donors (Lipinski definition) is 0. The van der Waals surface area contributed by atoms with Crippen LogP contribution in [0.1, 0.15) is 128 Å². The molecule has 0 unspecified atom stereocenters. The summed E-state index contributed by atoms with van der Waals surface area (Å²) in [5.74, 6) is -2.05. The van der Waals surface area contributed by atoms with Crippen molar-refractivity contribution in [1.82, 2.24) is 0 Å². The summed E-state index contributed by atoms with van der Waals surface area (Å²) in [7, 11) is 0. The lowest BCUT2D eigenvalue weighted by molar-refractivity contribution is -0.271. The molecule has 0 N–H and O–H groups in total. The molecule has 0 amide bonds. The van der Waals surface area contributed by atoms with E-state index in [0.29, 0.717) is 39.6 Å². The largest absolute Gasteiger partial charge is 0.377 e. The van der Waals surface area contributed by atoms with Gasteiger partial charge in [-0.2, -0.15) is 0 Å². The highest BCUT2D eigenvalue weighted by Crippen LogP contribution is 2.51. The van der Waals surface area contributed by atoms with E-state index in [-0.39, 0.29) is 48.8 Å². The molecule has 0 radical (unpaired) electrons. The lowest BCUT2D eigenvalue weighted by Gasteiger charge is -2.35. The first-order chi connectivity index (χ1) is 26.0. The Morgan fingerprint density at radius 2 is 0.717 bits per heavy atom. The third-order valence-corrected chi connectivity index (χ3v) is 13.8. The average Bonchev–Trinajstić information content (AvgIpc) is 4.03. The van der Waals surface area contributed by atoms with Crippen LogP contribution in [0.4, 0.5) is 0 Å². The molecule has 53 heavy (non-hydrogen) atoms. The molecular formula is C40H62O13. The molecule has 0 bridgehead atoms. The van der Waals surface area contributed by atoms with E-state index in [2.05, 4.69) is 0 Å². The van der Waals surface area contributed by atoms with Crippen LogP contribution < -0.4 is 0 Å². The summed E-state index contributed by atoms with van der Waals surface area (Å²) in [6.45, 7) is 2.51. The molecule has 6 heterocycles. The SMILES string of the molecule is C1CCC2(CC1)O[C@@H]1[C@H](O2)[C@H](OCCOCCO[C@@H]2O[C@H]([C@H]3COC4(CCCCC4)O3)[C@@H]3OC4(CCCCC4)O[C@H]23)O[C@@H]1[C@H]1COC2(CCCCC2)O1. The summed E-state index contributed by atoms with van der Waals surface area (Å²) in [6.07, 6.45) is 18.0. The van der Waals surface area contributed by atoms with Crippen LogP contribution in [0.2, 0.25) is 0 Å². The topological polar surface area (TPSA) is 120 Å². The van der Waals surface area contributed by atoms with Crippen molar-refractivity contribution in [3.05, 3.63) is 0 Å². The highest BCUT2D eigenvalue weighted by molar-refractivity contribution is 5.04. The van der Waals surface area contributed by atoms with Crippen molar-refractivity contribution in [3.63, 3.8) is 0 Å². The summed E-state index contributed by atoms with van der Waals surface area (Å²) in [5, 5.41) is 0. The minimum Gasteiger partial charge on any atom is -0.377 e. The van der Waals surface area contributed by atoms with Crippen LogP contribution in [0, 0.1) is 0 Å². The Bertz CT molecular complexity index is 1130. The molecule has 10 atom stereocenters. The van der Waals surface area contributed by atoms with Crippen molar-refractivity contribution in [3.8, 4) is 0 Å². The molecule has 4 spiro atoms. The third kappa shape index (κ3) is 7.29. The summed E-state index contributed by atoms with van der Waals surface area (Å²) < 4.78 is 84.4. The van der Waals surface area contributed by atoms with Gasteiger partial charge in [0, 0.05) is 51.4 Å². The molecule has 4 saturated carbocycles. The van der Waals surface area contributed by atoms with Gasteiger partial charge in [-0.15, -0.1) is 0 Å². The predicted molar refractivity (Wildman–Crippen MR) is 184 cm³/mol. The second-order valence-corrected chi connectivity index (χ2v) is 17.4. The van der Waals surface area contributed by atoms with Gasteiger partial charge >= 0.3 is 0 Å². The van der Waals surface area contributed by atoms with Crippen LogP contribution in [0.5, 0.6) is 0 Å². The molecule has 0 aromatic rings. The van der Waals surface area contributed by atoms with Gasteiger partial charge in [0.15, 0.2) is 35.7 Å². The first-order valence-corrected chi connectivity index (χ1v) is 21.5. The van der Waals surface area contributed by atoms with Gasteiger partial charge in [-0.1, -0.05) is 25.7 Å². The Hall–Kier alpha value is -0.520. The minimum absolute atomic E-state index is 0.203. The molecule has 300 valence electrons. The first kappa shape index (κ1) is 36.8. The molecule has 13 heteroatoms. The molecule has 10 rings (SSSR count). The number of ether oxygens (including phenoxy) is 13. The Balaban J connectivity index is 0.713. The van der Waals surface area contributed by atoms with E-state index in [1.807, 2.05) is 0 Å². The second-order valence-electron chi connectivity index (χ2n) is 17.4. The van der Waals surface area contributed by atoms with Gasteiger partial charge in [-0.25, -0.2) is 0 Å². The van der Waals surface area contributed by atoms with E-state index in [1.165, 1.54) is 25.7 Å². The van der Waals surface area contributed by atoms with Gasteiger partial charge in [-0.3, -0.25) is 0 Å². The van der Waals surface area contributed by atoms with Gasteiger partial charge in [0.2, 0.25) is 0 Å². The molecule has 6 aliphatic heterocycles. The third-order valence-electron chi connectivity index (χ3n) is 13.8. The predicted octanol–water partition coefficient (Wildman–Crippen LogP) is 5.53. The van der Waals surface area contributed by atoms with E-state index < -0.39 is 35.7 Å². The molecule has 6 saturated heterocycles. The number of fused-ring (bicyclic) bond motifs is 2. The number of hydrogen-bond acceptors (Lipinski definition) is 13. The molecule has 10 fully saturated rings. The van der Waals surface area contributed by atoms with E-state index in [9.17, 15) is 0 Å². The van der Waals surface area contributed by atoms with Crippen LogP contribution in [-0.2, 0) is 61.6 Å². The van der Waals surface area contributed by atoms with Crippen molar-refractivity contribution in [2.75, 3.05) is 39.6 Å². The zero-order valence-electron chi connectivity index (χ0n) is 31.5. The van der Waals surface area contributed by atoms with Crippen LogP contribution >= 0.6 is 0 Å². The van der Waals surface area contributed by atoms with Crippen molar-refractivity contribution >= 4 is 0 Å². The summed E-state index contributed by atoms with van der Waals surface area (Å²) in [6, 6.07) is 0. The summed E-state index contributed by atoms with van der Waals surface area (Å²) in [5.41, 5.74) is 0. The Labute approximate surface area is 313 Å². The van der Waals surface area contributed by atoms with E-state index in [1.54, 1.807) is 0 Å². The quantitative estimate of drug-likeness (QED) is 0.261. The fourth-order valence-corrected chi connectivity index (χ4v) is 11.1. The van der Waals surface area contributed by atoms with Gasteiger partial charge in [0.25, 0.3) is 0 Å². The molecule has 0 aromatic heterocycles. The summed E-state index contributed by atoms with van der Waals surface area (Å²) >= 11 is 0. The van der Waals surface area contributed by atoms with E-state index in [4.69, 9.17) is 61.6 Å². The monoisotopic (exact) mass is 750 g/mol. The van der Waals surface area contributed by atoms with Crippen molar-refractivity contribution in [1.29, 1.82) is 0 Å². The molecule has 0 aromatic carbocycles. The Kier molecular flexibility index (Phi) is 10.6. The highest BCUT2D eigenvalue weighted by Gasteiger charge is 2.64. The van der Waals surface area contributed by atoms with Crippen LogP contribution in [-0.4, -0.2) is 124 Å². The maximum Gasteiger partial charge on any atom is 0.187 e. The maximum absolute atomic E-state index is 6.73. The molecular weight excluding hydrogens is 688 g/mol. The molecule has 13 nitrogen and oxygen atoms in total. The fourth-order valence-electron chi connectivity index (χ4n) is 11.1. The van der Waals surface area contributed by atoms with Crippen LogP contribution in [0.15, 0.2) is 0 Å². The van der Waals surface area contributed by atoms with Gasteiger partial charge in [0.05, 0.1) is 39.6 Å². The van der Waals surface area contributed by atoms with Crippen molar-refractivity contribution < 1.29 is 61.6 Å². The maximum atomic E-state index is 6.73. The van der Waals surface area contributed by atoms with Crippen LogP contribution in [0.25, 0.3) is 0 Å². The van der Waals surface area contributed by atoms with Gasteiger partial charge < -0.3 is 61.6 Å². The zero-order chi connectivity index (χ0) is 35.4. The van der Waals surface area contributed by atoms with E-state index in [0.717, 1.165) is 103 Å². The molecule has 10 aliphatic rings. The van der Waals surface area contributed by atoms with E-state index >= 15 is 0 Å². The van der Waals surface area contributed by atoms with Crippen molar-refractivity contribution in [2.45, 2.75) is 213 Å². The molecule has 4 aliphatic carbocycles. The lowest BCUT2D eigenvalue weighted by atomic mass is 9.94. The smallest absolute Gasteiger partial charge is 0.187 e. The average molecular weight is 751 g/mol. The second kappa shape index (κ2) is 15.3. The van der Waals surface area contributed by atoms with Crippen molar-refractivity contribution in [2.24, 2.45) is 0 Å². The standard InChI is InChI=1S/C40H62O13/c1-5-13-37(14-6-1)44-25-27(48-37)29-31-33(52-39(50-31)17-9-3-10-18-39)35(46-29)42-23-21-41-22-24-43-36-34-32(51-40(53-34)19-11-4-12-20-40)30(47-36)28-26-45-38(49-28)15-7-2-8-16-38/h27-36H,1-26H2/t27-,28-,29-,30-,31+,32+,33+,34+,35-,36-/m1/s1. The normalized spacial score (nSPS) is 43.7. The Morgan fingerprint density at radius 3 is 1.11 bits per heavy atom. The number of rotatable bonds is 10. The lowest BCUT2D eigenvalue weighted by Crippen LogP contribution is -2.43. The zero-order valence-corrected chi connectivity index (χ0v) is 31.5. The van der Waals surface area contributed by atoms with Gasteiger partial charge in [0.1, 0.15) is 48.8 Å². The Morgan fingerprint density at radius 1 is 0.358 bits per heavy atom. The highest BCUT2D eigenvalue weighted by atomic mass is 16.8. The minimum atomic E-state index is -0.556. The fraction of sp³-hybridized carbons (Fsp3) is 1.00. The van der Waals surface area contributed by atoms with Gasteiger partial charge in [-0.05, 0) is 51.4 Å².